The molecule has 4 heteroatoms. The van der Waals surface area contributed by atoms with Crippen LogP contribution in [-0.2, 0) is 0 Å². The Balaban J connectivity index is 0. The van der Waals surface area contributed by atoms with Crippen molar-refractivity contribution in [2.24, 2.45) is 5.92 Å². The summed E-state index contributed by atoms with van der Waals surface area (Å²) in [5.74, 6) is 0.389. The fraction of sp³-hybridized carbons (Fsp3) is 1.00. The molecule has 0 radical (unpaired) electrons. The molecule has 0 aromatic carbocycles. The summed E-state index contributed by atoms with van der Waals surface area (Å²) in [6.45, 7) is 10.5. The first-order chi connectivity index (χ1) is 7.01. The van der Waals surface area contributed by atoms with Crippen LogP contribution in [0, 0.1) is 5.92 Å². The highest BCUT2D eigenvalue weighted by Crippen LogP contribution is 2.11. The quantitative estimate of drug-likeness (QED) is 0.713. The number of aliphatic hydroxyl groups excluding tert-OH is 1. The second-order valence-electron chi connectivity index (χ2n) is 4.58. The van der Waals surface area contributed by atoms with Crippen molar-refractivity contribution in [1.29, 1.82) is 0 Å². The molecule has 0 aliphatic rings. The van der Waals surface area contributed by atoms with Gasteiger partial charge in [0.15, 0.2) is 0 Å². The zero-order valence-electron chi connectivity index (χ0n) is 11.4. The van der Waals surface area contributed by atoms with Crippen LogP contribution in [0.1, 0.15) is 27.2 Å². The van der Waals surface area contributed by atoms with E-state index in [-0.39, 0.29) is 18.5 Å². The number of hydrogen-bond donors (Lipinski definition) is 1. The maximum absolute atomic E-state index is 9.67. The van der Waals surface area contributed by atoms with Crippen LogP contribution in [0.25, 0.3) is 0 Å². The highest BCUT2D eigenvalue weighted by Gasteiger charge is 2.16. The molecule has 0 aromatic rings. The van der Waals surface area contributed by atoms with Crippen molar-refractivity contribution in [3.8, 4) is 0 Å². The Kier molecular flexibility index (Phi) is 12.0. The van der Waals surface area contributed by atoms with Gasteiger partial charge in [0.1, 0.15) is 0 Å². The normalized spacial score (nSPS) is 15.0. The summed E-state index contributed by atoms with van der Waals surface area (Å²) in [5, 5.41) is 9.67. The van der Waals surface area contributed by atoms with E-state index in [1.807, 2.05) is 6.92 Å². The summed E-state index contributed by atoms with van der Waals surface area (Å²) in [7, 11) is 4.12. The van der Waals surface area contributed by atoms with Crippen LogP contribution in [0.3, 0.4) is 0 Å². The maximum Gasteiger partial charge on any atom is 0.0552 e. The highest BCUT2D eigenvalue weighted by atomic mass is 35.5. The lowest BCUT2D eigenvalue weighted by Crippen LogP contribution is -2.33. The van der Waals surface area contributed by atoms with Crippen molar-refractivity contribution in [1.82, 2.24) is 9.80 Å². The largest absolute Gasteiger partial charge is 0.393 e. The number of hydrogen-bond acceptors (Lipinski definition) is 3. The molecule has 0 aliphatic heterocycles. The Morgan fingerprint density at radius 1 is 1.12 bits per heavy atom. The summed E-state index contributed by atoms with van der Waals surface area (Å²) >= 11 is 0. The first-order valence-corrected chi connectivity index (χ1v) is 6.06. The van der Waals surface area contributed by atoms with Crippen LogP contribution < -0.4 is 0 Å². The molecule has 16 heavy (non-hydrogen) atoms. The van der Waals surface area contributed by atoms with Crippen LogP contribution in [0.2, 0.25) is 0 Å². The predicted octanol–water partition coefficient (Wildman–Crippen LogP) is 1.70. The Hall–Kier alpha value is 0.170. The van der Waals surface area contributed by atoms with E-state index < -0.39 is 0 Å². The molecule has 0 aliphatic carbocycles. The molecule has 0 bridgehead atoms. The molecule has 2 atom stereocenters. The van der Waals surface area contributed by atoms with Crippen molar-refractivity contribution in [3.05, 3.63) is 0 Å². The molecule has 0 amide bonds. The molecule has 0 spiro atoms. The van der Waals surface area contributed by atoms with Crippen molar-refractivity contribution >= 4 is 12.4 Å². The van der Waals surface area contributed by atoms with Crippen LogP contribution in [0.5, 0.6) is 0 Å². The van der Waals surface area contributed by atoms with Crippen LogP contribution in [-0.4, -0.2) is 61.3 Å². The fourth-order valence-electron chi connectivity index (χ4n) is 1.84. The second kappa shape index (κ2) is 10.3. The number of nitrogens with zero attached hydrogens (tertiary/aromatic N) is 2. The highest BCUT2D eigenvalue weighted by molar-refractivity contribution is 5.85. The minimum Gasteiger partial charge on any atom is -0.393 e. The molecule has 3 nitrogen and oxygen atoms in total. The van der Waals surface area contributed by atoms with E-state index in [4.69, 9.17) is 0 Å². The van der Waals surface area contributed by atoms with Crippen molar-refractivity contribution < 1.29 is 5.11 Å². The number of rotatable bonds is 8. The summed E-state index contributed by atoms with van der Waals surface area (Å²) in [6.07, 6.45) is 0.875. The molecule has 0 heterocycles. The van der Waals surface area contributed by atoms with Gasteiger partial charge in [0.2, 0.25) is 0 Å². The summed E-state index contributed by atoms with van der Waals surface area (Å²) < 4.78 is 0. The summed E-state index contributed by atoms with van der Waals surface area (Å²) in [4.78, 5) is 4.56. The Morgan fingerprint density at radius 3 is 1.94 bits per heavy atom. The lowest BCUT2D eigenvalue weighted by Gasteiger charge is -2.26. The third kappa shape index (κ3) is 8.34. The van der Waals surface area contributed by atoms with Crippen LogP contribution >= 0.6 is 12.4 Å². The zero-order chi connectivity index (χ0) is 11.8. The molecule has 100 valence electrons. The average molecular weight is 253 g/mol. The monoisotopic (exact) mass is 252 g/mol. The van der Waals surface area contributed by atoms with E-state index in [0.29, 0.717) is 5.92 Å². The van der Waals surface area contributed by atoms with Gasteiger partial charge in [0, 0.05) is 6.54 Å². The first kappa shape index (κ1) is 18.5. The molecule has 0 saturated carbocycles. The molecule has 1 N–H and O–H groups in total. The zero-order valence-corrected chi connectivity index (χ0v) is 12.3. The molecule has 0 aromatic heterocycles. The van der Waals surface area contributed by atoms with Gasteiger partial charge in [-0.15, -0.1) is 12.4 Å². The molecule has 0 fully saturated rings. The topological polar surface area (TPSA) is 26.7 Å². The average Bonchev–Trinajstić information content (AvgIpc) is 2.16. The molecule has 0 rings (SSSR count). The second-order valence-corrected chi connectivity index (χ2v) is 4.58. The fourth-order valence-corrected chi connectivity index (χ4v) is 1.84. The van der Waals surface area contributed by atoms with E-state index in [2.05, 4.69) is 37.7 Å². The number of aliphatic hydroxyl groups is 1. The van der Waals surface area contributed by atoms with E-state index in [1.54, 1.807) is 0 Å². The van der Waals surface area contributed by atoms with Gasteiger partial charge in [-0.2, -0.15) is 0 Å². The van der Waals surface area contributed by atoms with Gasteiger partial charge in [-0.1, -0.05) is 13.8 Å². The molecule has 2 unspecified atom stereocenters. The SMILES string of the molecule is CCN(CC)CCC(CN(C)C)C(C)O.Cl. The van der Waals surface area contributed by atoms with Crippen molar-refractivity contribution in [2.75, 3.05) is 40.3 Å². The molecular weight excluding hydrogens is 224 g/mol. The third-order valence-electron chi connectivity index (χ3n) is 2.99. The smallest absolute Gasteiger partial charge is 0.0552 e. The standard InChI is InChI=1S/C12H28N2O.ClH/c1-6-14(7-2)9-8-12(11(3)15)10-13(4)5;/h11-12,15H,6-10H2,1-5H3;1H. The van der Waals surface area contributed by atoms with E-state index in [0.717, 1.165) is 32.6 Å². The number of halogens is 1. The predicted molar refractivity (Wildman–Crippen MR) is 73.4 cm³/mol. The lowest BCUT2D eigenvalue weighted by atomic mass is 9.99. The summed E-state index contributed by atoms with van der Waals surface area (Å²) in [5.41, 5.74) is 0. The van der Waals surface area contributed by atoms with E-state index in [1.165, 1.54) is 0 Å². The lowest BCUT2D eigenvalue weighted by molar-refractivity contribution is 0.0925. The van der Waals surface area contributed by atoms with Gasteiger partial charge in [-0.25, -0.2) is 0 Å². The minimum atomic E-state index is -0.206. The van der Waals surface area contributed by atoms with E-state index >= 15 is 0 Å². The first-order valence-electron chi connectivity index (χ1n) is 6.06. The molecular formula is C12H29ClN2O. The van der Waals surface area contributed by atoms with Gasteiger partial charge >= 0.3 is 0 Å². The Labute approximate surface area is 107 Å². The van der Waals surface area contributed by atoms with Crippen LogP contribution in [0.4, 0.5) is 0 Å². The van der Waals surface area contributed by atoms with E-state index in [9.17, 15) is 5.11 Å². The van der Waals surface area contributed by atoms with Crippen molar-refractivity contribution in [2.45, 2.75) is 33.3 Å². The Bertz CT molecular complexity index is 150. The minimum absolute atomic E-state index is 0. The van der Waals surface area contributed by atoms with Gasteiger partial charge in [-0.05, 0) is 53.0 Å². The summed E-state index contributed by atoms with van der Waals surface area (Å²) in [6, 6.07) is 0. The van der Waals surface area contributed by atoms with Gasteiger partial charge in [0.05, 0.1) is 6.10 Å². The van der Waals surface area contributed by atoms with Crippen molar-refractivity contribution in [3.63, 3.8) is 0 Å². The Morgan fingerprint density at radius 2 is 1.62 bits per heavy atom. The van der Waals surface area contributed by atoms with Crippen LogP contribution in [0.15, 0.2) is 0 Å². The van der Waals surface area contributed by atoms with Gasteiger partial charge < -0.3 is 14.9 Å². The molecule has 0 saturated heterocycles. The van der Waals surface area contributed by atoms with Gasteiger partial charge in [-0.3, -0.25) is 0 Å². The van der Waals surface area contributed by atoms with Gasteiger partial charge in [0.25, 0.3) is 0 Å². The third-order valence-corrected chi connectivity index (χ3v) is 2.99. The maximum atomic E-state index is 9.67.